The average molecular weight is 378 g/mol. The number of hydrogen-bond donors (Lipinski definition) is 2. The quantitative estimate of drug-likeness (QED) is 0.776. The Morgan fingerprint density at radius 2 is 1.88 bits per heavy atom. The average Bonchev–Trinajstić information content (AvgIpc) is 3.40. The van der Waals surface area contributed by atoms with Gasteiger partial charge in [0.05, 0.1) is 6.61 Å². The molecule has 138 valence electrons. The largest absolute Gasteiger partial charge is 0.494 e. The molecule has 0 radical (unpaired) electrons. The summed E-state index contributed by atoms with van der Waals surface area (Å²) >= 11 is 0. The van der Waals surface area contributed by atoms with Crippen LogP contribution in [-0.2, 0) is 10.0 Å². The zero-order chi connectivity index (χ0) is 18.7. The normalized spacial score (nSPS) is 14.1. The number of benzene rings is 2. The Labute approximate surface area is 151 Å². The Bertz CT molecular complexity index is 909. The van der Waals surface area contributed by atoms with E-state index in [0.29, 0.717) is 18.0 Å². The molecule has 1 amide bonds. The van der Waals surface area contributed by atoms with Crippen LogP contribution in [0.15, 0.2) is 47.4 Å². The Morgan fingerprint density at radius 1 is 1.19 bits per heavy atom. The first kappa shape index (κ1) is 18.3. The molecule has 2 N–H and O–H groups in total. The van der Waals surface area contributed by atoms with Gasteiger partial charge in [-0.05, 0) is 62.2 Å². The van der Waals surface area contributed by atoms with Crippen LogP contribution in [0.4, 0.5) is 10.1 Å². The highest BCUT2D eigenvalue weighted by Crippen LogP contribution is 2.24. The summed E-state index contributed by atoms with van der Waals surface area (Å²) < 4.78 is 46.2. The maximum absolute atomic E-state index is 14.0. The van der Waals surface area contributed by atoms with Crippen molar-refractivity contribution in [2.45, 2.75) is 30.7 Å². The van der Waals surface area contributed by atoms with Crippen LogP contribution in [0, 0.1) is 5.82 Å². The predicted octanol–water partition coefficient (Wildman–Crippen LogP) is 2.92. The lowest BCUT2D eigenvalue weighted by atomic mass is 10.2. The smallest absolute Gasteiger partial charge is 0.255 e. The maximum atomic E-state index is 14.0. The molecule has 3 rings (SSSR count). The molecule has 0 unspecified atom stereocenters. The van der Waals surface area contributed by atoms with Crippen molar-refractivity contribution in [2.75, 3.05) is 11.9 Å². The van der Waals surface area contributed by atoms with Crippen molar-refractivity contribution in [2.24, 2.45) is 0 Å². The number of carbonyl (C=O) groups excluding carboxylic acids is 1. The zero-order valence-electron chi connectivity index (χ0n) is 14.2. The molecule has 1 aliphatic carbocycles. The lowest BCUT2D eigenvalue weighted by Crippen LogP contribution is -2.27. The summed E-state index contributed by atoms with van der Waals surface area (Å²) in [5.41, 5.74) is 0.569. The van der Waals surface area contributed by atoms with Gasteiger partial charge in [0.2, 0.25) is 10.0 Å². The Hall–Kier alpha value is -2.45. The number of nitrogens with one attached hydrogen (secondary N) is 2. The van der Waals surface area contributed by atoms with Gasteiger partial charge in [-0.3, -0.25) is 4.79 Å². The lowest BCUT2D eigenvalue weighted by Gasteiger charge is -2.10. The molecule has 0 atom stereocenters. The number of ether oxygens (including phenoxy) is 1. The molecule has 0 spiro atoms. The van der Waals surface area contributed by atoms with Gasteiger partial charge in [-0.15, -0.1) is 0 Å². The summed E-state index contributed by atoms with van der Waals surface area (Å²) in [6.07, 6.45) is 1.47. The zero-order valence-corrected chi connectivity index (χ0v) is 15.0. The van der Waals surface area contributed by atoms with E-state index in [1.54, 1.807) is 24.3 Å². The highest BCUT2D eigenvalue weighted by molar-refractivity contribution is 7.89. The van der Waals surface area contributed by atoms with E-state index >= 15 is 0 Å². The van der Waals surface area contributed by atoms with E-state index in [1.807, 2.05) is 6.92 Å². The van der Waals surface area contributed by atoms with Crippen LogP contribution >= 0.6 is 0 Å². The number of rotatable bonds is 7. The molecule has 1 aliphatic rings. The summed E-state index contributed by atoms with van der Waals surface area (Å²) in [4.78, 5) is 11.8. The van der Waals surface area contributed by atoms with Crippen molar-refractivity contribution in [3.63, 3.8) is 0 Å². The van der Waals surface area contributed by atoms with E-state index in [0.717, 1.165) is 25.0 Å². The van der Waals surface area contributed by atoms with Gasteiger partial charge < -0.3 is 10.1 Å². The molecule has 0 saturated heterocycles. The van der Waals surface area contributed by atoms with E-state index in [2.05, 4.69) is 10.0 Å². The van der Waals surface area contributed by atoms with Crippen molar-refractivity contribution >= 4 is 21.6 Å². The minimum atomic E-state index is -3.99. The second-order valence-corrected chi connectivity index (χ2v) is 7.63. The van der Waals surface area contributed by atoms with Crippen molar-refractivity contribution in [1.29, 1.82) is 0 Å². The lowest BCUT2D eigenvalue weighted by molar-refractivity contribution is 0.102. The summed E-state index contributed by atoms with van der Waals surface area (Å²) in [6, 6.07) is 9.87. The molecule has 2 aromatic rings. The fourth-order valence-corrected chi connectivity index (χ4v) is 3.75. The number of anilines is 1. The Balaban J connectivity index is 1.78. The number of halogens is 1. The van der Waals surface area contributed by atoms with Crippen LogP contribution in [0.1, 0.15) is 30.1 Å². The van der Waals surface area contributed by atoms with E-state index in [-0.39, 0.29) is 11.6 Å². The van der Waals surface area contributed by atoms with Crippen molar-refractivity contribution < 1.29 is 22.3 Å². The van der Waals surface area contributed by atoms with E-state index < -0.39 is 26.6 Å². The third-order valence-corrected chi connectivity index (χ3v) is 5.34. The van der Waals surface area contributed by atoms with Crippen LogP contribution < -0.4 is 14.8 Å². The van der Waals surface area contributed by atoms with Gasteiger partial charge in [-0.25, -0.2) is 17.5 Å². The first-order chi connectivity index (χ1) is 12.4. The Morgan fingerprint density at radius 3 is 2.50 bits per heavy atom. The molecule has 26 heavy (non-hydrogen) atoms. The van der Waals surface area contributed by atoms with Gasteiger partial charge in [-0.2, -0.15) is 0 Å². The summed E-state index contributed by atoms with van der Waals surface area (Å²) in [5.74, 6) is -0.750. The highest BCUT2D eigenvalue weighted by Gasteiger charge is 2.30. The van der Waals surface area contributed by atoms with Crippen LogP contribution in [0.25, 0.3) is 0 Å². The maximum Gasteiger partial charge on any atom is 0.255 e. The fraction of sp³-hybridized carbons (Fsp3) is 0.278. The topological polar surface area (TPSA) is 84.5 Å². The van der Waals surface area contributed by atoms with Gasteiger partial charge in [-0.1, -0.05) is 0 Å². The summed E-state index contributed by atoms with van der Waals surface area (Å²) in [6.45, 7) is 2.40. The first-order valence-corrected chi connectivity index (χ1v) is 9.73. The molecule has 8 heteroatoms. The summed E-state index contributed by atoms with van der Waals surface area (Å²) in [5, 5.41) is 2.65. The van der Waals surface area contributed by atoms with Gasteiger partial charge in [0.1, 0.15) is 16.5 Å². The second-order valence-electron chi connectivity index (χ2n) is 5.95. The molecule has 0 heterocycles. The molecule has 0 aromatic heterocycles. The van der Waals surface area contributed by atoms with Gasteiger partial charge in [0, 0.05) is 17.3 Å². The first-order valence-electron chi connectivity index (χ1n) is 8.25. The second kappa shape index (κ2) is 7.43. The number of carbonyl (C=O) groups is 1. The minimum Gasteiger partial charge on any atom is -0.494 e. The van der Waals surface area contributed by atoms with Crippen LogP contribution in [0.3, 0.4) is 0 Å². The standard InChI is InChI=1S/C18H19FN2O4S/c1-2-25-15-8-6-13(7-9-15)20-18(22)12-3-10-16(19)17(11-12)26(23,24)21-14-4-5-14/h3,6-11,14,21H,2,4-5H2,1H3,(H,20,22). The Kier molecular flexibility index (Phi) is 5.24. The SMILES string of the molecule is CCOc1ccc(NC(=O)c2ccc(F)c(S(=O)(=O)NC3CC3)c2)cc1. The molecular weight excluding hydrogens is 359 g/mol. The minimum absolute atomic E-state index is 0.0523. The molecule has 6 nitrogen and oxygen atoms in total. The van der Waals surface area contributed by atoms with Crippen molar-refractivity contribution in [3.8, 4) is 5.75 Å². The molecule has 0 bridgehead atoms. The van der Waals surface area contributed by atoms with Crippen molar-refractivity contribution in [3.05, 3.63) is 53.8 Å². The molecule has 2 aromatic carbocycles. The molecule has 1 saturated carbocycles. The van der Waals surface area contributed by atoms with Gasteiger partial charge in [0.15, 0.2) is 0 Å². The number of hydrogen-bond acceptors (Lipinski definition) is 4. The third kappa shape index (κ3) is 4.39. The highest BCUT2D eigenvalue weighted by atomic mass is 32.2. The van der Waals surface area contributed by atoms with Crippen LogP contribution in [0.5, 0.6) is 5.75 Å². The van der Waals surface area contributed by atoms with E-state index in [9.17, 15) is 17.6 Å². The number of sulfonamides is 1. The van der Waals surface area contributed by atoms with E-state index in [4.69, 9.17) is 4.74 Å². The van der Waals surface area contributed by atoms with Crippen LogP contribution in [-0.4, -0.2) is 27.0 Å². The predicted molar refractivity (Wildman–Crippen MR) is 95.3 cm³/mol. The molecule has 0 aliphatic heterocycles. The molecular formula is C18H19FN2O4S. The van der Waals surface area contributed by atoms with E-state index in [1.165, 1.54) is 6.07 Å². The summed E-state index contributed by atoms with van der Waals surface area (Å²) in [7, 11) is -3.99. The monoisotopic (exact) mass is 378 g/mol. The number of amides is 1. The van der Waals surface area contributed by atoms with Crippen LogP contribution in [0.2, 0.25) is 0 Å². The van der Waals surface area contributed by atoms with Gasteiger partial charge in [0.25, 0.3) is 5.91 Å². The fourth-order valence-electron chi connectivity index (χ4n) is 2.34. The van der Waals surface area contributed by atoms with Crippen molar-refractivity contribution in [1.82, 2.24) is 4.72 Å². The third-order valence-electron chi connectivity index (χ3n) is 3.81. The molecule has 1 fully saturated rings. The van der Waals surface area contributed by atoms with Gasteiger partial charge >= 0.3 is 0 Å².